The van der Waals surface area contributed by atoms with Gasteiger partial charge in [0.15, 0.2) is 0 Å². The van der Waals surface area contributed by atoms with E-state index in [1.807, 2.05) is 6.92 Å². The summed E-state index contributed by atoms with van der Waals surface area (Å²) in [6, 6.07) is 0. The number of aliphatic hydroxyl groups is 1. The van der Waals surface area contributed by atoms with Crippen LogP contribution in [0.4, 0.5) is 0 Å². The predicted octanol–water partition coefficient (Wildman–Crippen LogP) is 0.263. The lowest BCUT2D eigenvalue weighted by Gasteiger charge is -2.12. The highest BCUT2D eigenvalue weighted by Crippen LogP contribution is 2.11. The fraction of sp³-hybridized carbons (Fsp3) is 0.909. The summed E-state index contributed by atoms with van der Waals surface area (Å²) in [5, 5.41) is 15.4. The molecule has 88 valence electrons. The van der Waals surface area contributed by atoms with E-state index in [9.17, 15) is 9.90 Å². The molecule has 1 aliphatic rings. The Morgan fingerprint density at radius 3 is 3.07 bits per heavy atom. The van der Waals surface area contributed by atoms with Crippen molar-refractivity contribution in [3.8, 4) is 0 Å². The number of aliphatic hydroxyl groups excluding tert-OH is 1. The summed E-state index contributed by atoms with van der Waals surface area (Å²) in [5.41, 5.74) is 0. The van der Waals surface area contributed by atoms with Crippen LogP contribution in [0.25, 0.3) is 0 Å². The number of amides is 1. The fourth-order valence-corrected chi connectivity index (χ4v) is 1.89. The lowest BCUT2D eigenvalue weighted by atomic mass is 10.0. The first-order chi connectivity index (χ1) is 7.22. The highest BCUT2D eigenvalue weighted by Gasteiger charge is 2.18. The lowest BCUT2D eigenvalue weighted by Crippen LogP contribution is -2.33. The van der Waals surface area contributed by atoms with Crippen LogP contribution in [0.3, 0.4) is 0 Å². The van der Waals surface area contributed by atoms with E-state index in [2.05, 4.69) is 10.6 Å². The molecular weight excluding hydrogens is 192 g/mol. The van der Waals surface area contributed by atoms with Crippen molar-refractivity contribution in [2.75, 3.05) is 19.6 Å². The molecule has 4 nitrogen and oxygen atoms in total. The van der Waals surface area contributed by atoms with Gasteiger partial charge < -0.3 is 15.7 Å². The topological polar surface area (TPSA) is 61.4 Å². The van der Waals surface area contributed by atoms with Gasteiger partial charge in [0.1, 0.15) is 0 Å². The molecule has 1 heterocycles. The van der Waals surface area contributed by atoms with Crippen molar-refractivity contribution in [1.82, 2.24) is 10.6 Å². The summed E-state index contributed by atoms with van der Waals surface area (Å²) in [7, 11) is 0. The molecule has 0 radical (unpaired) electrons. The van der Waals surface area contributed by atoms with Crippen molar-refractivity contribution in [2.45, 2.75) is 38.7 Å². The second kappa shape index (κ2) is 6.80. The van der Waals surface area contributed by atoms with Gasteiger partial charge in [-0.05, 0) is 31.8 Å². The molecule has 2 unspecified atom stereocenters. The Labute approximate surface area is 91.4 Å². The van der Waals surface area contributed by atoms with E-state index >= 15 is 0 Å². The van der Waals surface area contributed by atoms with E-state index in [4.69, 9.17) is 0 Å². The Kier molecular flexibility index (Phi) is 5.65. The van der Waals surface area contributed by atoms with Gasteiger partial charge in [-0.15, -0.1) is 0 Å². The number of carbonyl (C=O) groups is 1. The van der Waals surface area contributed by atoms with E-state index in [1.54, 1.807) is 0 Å². The molecular formula is C11H22N2O2. The average molecular weight is 214 g/mol. The highest BCUT2D eigenvalue weighted by atomic mass is 16.3. The van der Waals surface area contributed by atoms with Crippen molar-refractivity contribution in [1.29, 1.82) is 0 Å². The first kappa shape index (κ1) is 12.5. The lowest BCUT2D eigenvalue weighted by molar-refractivity contribution is -0.122. The Bertz CT molecular complexity index is 191. The second-order valence-electron chi connectivity index (χ2n) is 4.31. The molecule has 0 aromatic carbocycles. The van der Waals surface area contributed by atoms with E-state index in [0.717, 1.165) is 32.4 Å². The van der Waals surface area contributed by atoms with Gasteiger partial charge in [-0.1, -0.05) is 13.3 Å². The molecule has 0 saturated carbocycles. The molecule has 1 aliphatic heterocycles. The molecule has 0 aromatic heterocycles. The van der Waals surface area contributed by atoms with Gasteiger partial charge in [0.05, 0.1) is 6.10 Å². The van der Waals surface area contributed by atoms with Gasteiger partial charge in [0.2, 0.25) is 5.91 Å². The molecule has 0 aliphatic carbocycles. The molecule has 15 heavy (non-hydrogen) atoms. The SMILES string of the molecule is CCCC(O)CNC(=O)CC1CCNC1. The van der Waals surface area contributed by atoms with Gasteiger partial charge >= 0.3 is 0 Å². The van der Waals surface area contributed by atoms with Crippen molar-refractivity contribution in [2.24, 2.45) is 5.92 Å². The summed E-state index contributed by atoms with van der Waals surface area (Å²) >= 11 is 0. The van der Waals surface area contributed by atoms with Gasteiger partial charge in [-0.25, -0.2) is 0 Å². The first-order valence-corrected chi connectivity index (χ1v) is 5.87. The molecule has 1 saturated heterocycles. The number of carbonyl (C=O) groups excluding carboxylic acids is 1. The normalized spacial score (nSPS) is 22.7. The third-order valence-corrected chi connectivity index (χ3v) is 2.79. The zero-order valence-corrected chi connectivity index (χ0v) is 9.46. The summed E-state index contributed by atoms with van der Waals surface area (Å²) in [5.74, 6) is 0.548. The average Bonchev–Trinajstić information content (AvgIpc) is 2.68. The summed E-state index contributed by atoms with van der Waals surface area (Å²) < 4.78 is 0. The van der Waals surface area contributed by atoms with Gasteiger partial charge in [-0.3, -0.25) is 4.79 Å². The number of hydrogen-bond acceptors (Lipinski definition) is 3. The smallest absolute Gasteiger partial charge is 0.220 e. The standard InChI is InChI=1S/C11H22N2O2/c1-2-3-10(14)8-13-11(15)6-9-4-5-12-7-9/h9-10,12,14H,2-8H2,1H3,(H,13,15). The van der Waals surface area contributed by atoms with Crippen LogP contribution in [-0.2, 0) is 4.79 Å². The van der Waals surface area contributed by atoms with Crippen molar-refractivity contribution < 1.29 is 9.90 Å². The molecule has 0 aromatic rings. The van der Waals surface area contributed by atoms with Gasteiger partial charge in [-0.2, -0.15) is 0 Å². The molecule has 1 rings (SSSR count). The third-order valence-electron chi connectivity index (χ3n) is 2.79. The molecule has 2 atom stereocenters. The van der Waals surface area contributed by atoms with Crippen LogP contribution in [0.2, 0.25) is 0 Å². The summed E-state index contributed by atoms with van der Waals surface area (Å²) in [6.07, 6.45) is 2.99. The van der Waals surface area contributed by atoms with E-state index < -0.39 is 0 Å². The fourth-order valence-electron chi connectivity index (χ4n) is 1.89. The van der Waals surface area contributed by atoms with Crippen molar-refractivity contribution >= 4 is 5.91 Å². The monoisotopic (exact) mass is 214 g/mol. The minimum atomic E-state index is -0.388. The molecule has 4 heteroatoms. The first-order valence-electron chi connectivity index (χ1n) is 5.87. The summed E-state index contributed by atoms with van der Waals surface area (Å²) in [6.45, 7) is 4.39. The Hall–Kier alpha value is -0.610. The Morgan fingerprint density at radius 1 is 1.67 bits per heavy atom. The maximum absolute atomic E-state index is 11.5. The van der Waals surface area contributed by atoms with Crippen LogP contribution < -0.4 is 10.6 Å². The third kappa shape index (κ3) is 5.14. The maximum atomic E-state index is 11.5. The molecule has 0 bridgehead atoms. The van der Waals surface area contributed by atoms with Crippen LogP contribution >= 0.6 is 0 Å². The minimum Gasteiger partial charge on any atom is -0.391 e. The van der Waals surface area contributed by atoms with Crippen LogP contribution in [0.15, 0.2) is 0 Å². The van der Waals surface area contributed by atoms with Crippen molar-refractivity contribution in [3.05, 3.63) is 0 Å². The van der Waals surface area contributed by atoms with E-state index in [-0.39, 0.29) is 12.0 Å². The Morgan fingerprint density at radius 2 is 2.47 bits per heavy atom. The maximum Gasteiger partial charge on any atom is 0.220 e. The predicted molar refractivity (Wildman–Crippen MR) is 59.5 cm³/mol. The van der Waals surface area contributed by atoms with Crippen LogP contribution in [0.1, 0.15) is 32.6 Å². The number of rotatable bonds is 6. The zero-order chi connectivity index (χ0) is 11.1. The quantitative estimate of drug-likeness (QED) is 0.594. The Balaban J connectivity index is 2.07. The second-order valence-corrected chi connectivity index (χ2v) is 4.31. The van der Waals surface area contributed by atoms with E-state index in [1.165, 1.54) is 0 Å². The van der Waals surface area contributed by atoms with Gasteiger partial charge in [0, 0.05) is 13.0 Å². The molecule has 1 amide bonds. The van der Waals surface area contributed by atoms with Crippen LogP contribution in [0, 0.1) is 5.92 Å². The van der Waals surface area contributed by atoms with Crippen LogP contribution in [-0.4, -0.2) is 36.8 Å². The largest absolute Gasteiger partial charge is 0.391 e. The number of nitrogens with one attached hydrogen (secondary N) is 2. The van der Waals surface area contributed by atoms with Gasteiger partial charge in [0.25, 0.3) is 0 Å². The summed E-state index contributed by atoms with van der Waals surface area (Å²) in [4.78, 5) is 11.5. The molecule has 0 spiro atoms. The highest BCUT2D eigenvalue weighted by molar-refractivity contribution is 5.76. The van der Waals surface area contributed by atoms with E-state index in [0.29, 0.717) is 18.9 Å². The zero-order valence-electron chi connectivity index (χ0n) is 9.46. The van der Waals surface area contributed by atoms with Crippen molar-refractivity contribution in [3.63, 3.8) is 0 Å². The number of hydrogen-bond donors (Lipinski definition) is 3. The molecule has 1 fully saturated rings. The molecule has 3 N–H and O–H groups in total. The minimum absolute atomic E-state index is 0.0684. The van der Waals surface area contributed by atoms with Crippen LogP contribution in [0.5, 0.6) is 0 Å².